The van der Waals surface area contributed by atoms with Gasteiger partial charge in [0.25, 0.3) is 0 Å². The van der Waals surface area contributed by atoms with E-state index in [0.717, 1.165) is 17.7 Å². The number of benzene rings is 1. The lowest BCUT2D eigenvalue weighted by molar-refractivity contribution is -0.148. The average molecular weight is 307 g/mol. The Bertz CT molecular complexity index is 525. The summed E-state index contributed by atoms with van der Waals surface area (Å²) in [6, 6.07) is 7.57. The van der Waals surface area contributed by atoms with Gasteiger partial charge in [0.15, 0.2) is 0 Å². The van der Waals surface area contributed by atoms with Gasteiger partial charge in [-0.3, -0.25) is 9.59 Å². The van der Waals surface area contributed by atoms with E-state index in [1.165, 1.54) is 4.90 Å². The summed E-state index contributed by atoms with van der Waals surface area (Å²) in [5, 5.41) is 8.98. The van der Waals surface area contributed by atoms with Crippen LogP contribution in [0.2, 0.25) is 0 Å². The molecule has 0 aliphatic rings. The molecule has 1 N–H and O–H groups in total. The summed E-state index contributed by atoms with van der Waals surface area (Å²) >= 11 is 0. The van der Waals surface area contributed by atoms with Crippen LogP contribution in [0.25, 0.3) is 0 Å². The molecule has 0 atom stereocenters. The van der Waals surface area contributed by atoms with Crippen LogP contribution in [-0.2, 0) is 16.0 Å². The molecule has 5 heteroatoms. The molecule has 0 fully saturated rings. The molecule has 0 aliphatic carbocycles. The van der Waals surface area contributed by atoms with Crippen molar-refractivity contribution in [1.29, 1.82) is 0 Å². The first-order chi connectivity index (χ1) is 10.3. The van der Waals surface area contributed by atoms with E-state index in [2.05, 4.69) is 0 Å². The molecule has 0 saturated heterocycles. The lowest BCUT2D eigenvalue weighted by Crippen LogP contribution is -2.44. The number of carbonyl (C=O) groups excluding carboxylic acids is 1. The standard InChI is InChI=1S/C17H25NO4/c1-5-10-18(12-15(19)20)16(21)17(2,3)11-13-8-6-7-9-14(13)22-4/h6-9H,5,10-12H2,1-4H3,(H,19,20). The smallest absolute Gasteiger partial charge is 0.323 e. The normalized spacial score (nSPS) is 11.1. The summed E-state index contributed by atoms with van der Waals surface area (Å²) in [7, 11) is 1.60. The zero-order valence-electron chi connectivity index (χ0n) is 13.8. The minimum Gasteiger partial charge on any atom is -0.496 e. The molecular weight excluding hydrogens is 282 g/mol. The maximum Gasteiger partial charge on any atom is 0.323 e. The van der Waals surface area contributed by atoms with E-state index in [1.54, 1.807) is 7.11 Å². The molecule has 0 aliphatic heterocycles. The summed E-state index contributed by atoms with van der Waals surface area (Å²) in [5.74, 6) is -0.402. The molecule has 0 bridgehead atoms. The lowest BCUT2D eigenvalue weighted by atomic mass is 9.84. The highest BCUT2D eigenvalue weighted by molar-refractivity contribution is 5.85. The van der Waals surface area contributed by atoms with Crippen LogP contribution < -0.4 is 4.74 Å². The summed E-state index contributed by atoms with van der Waals surface area (Å²) < 4.78 is 5.32. The molecule has 1 aromatic rings. The number of rotatable bonds is 8. The van der Waals surface area contributed by atoms with Gasteiger partial charge in [-0.15, -0.1) is 0 Å². The SMILES string of the molecule is CCCN(CC(=O)O)C(=O)C(C)(C)Cc1ccccc1OC. The number of carboxylic acids is 1. The van der Waals surface area contributed by atoms with Crippen molar-refractivity contribution in [2.24, 2.45) is 5.41 Å². The second-order valence-corrected chi connectivity index (χ2v) is 5.99. The number of hydrogen-bond acceptors (Lipinski definition) is 3. The van der Waals surface area contributed by atoms with E-state index in [0.29, 0.717) is 13.0 Å². The molecule has 22 heavy (non-hydrogen) atoms. The maximum atomic E-state index is 12.7. The van der Waals surface area contributed by atoms with Crippen LogP contribution in [0.15, 0.2) is 24.3 Å². The number of para-hydroxylation sites is 1. The monoisotopic (exact) mass is 307 g/mol. The molecule has 1 aromatic carbocycles. The second-order valence-electron chi connectivity index (χ2n) is 5.99. The van der Waals surface area contributed by atoms with Crippen LogP contribution in [-0.4, -0.2) is 42.1 Å². The van der Waals surface area contributed by atoms with Gasteiger partial charge in [0.2, 0.25) is 5.91 Å². The van der Waals surface area contributed by atoms with Crippen molar-refractivity contribution in [3.63, 3.8) is 0 Å². The Morgan fingerprint density at radius 2 is 1.91 bits per heavy atom. The van der Waals surface area contributed by atoms with E-state index < -0.39 is 11.4 Å². The third-order valence-electron chi connectivity index (χ3n) is 3.51. The van der Waals surface area contributed by atoms with Gasteiger partial charge < -0.3 is 14.7 Å². The van der Waals surface area contributed by atoms with Crippen LogP contribution in [0.3, 0.4) is 0 Å². The predicted molar refractivity (Wildman–Crippen MR) is 85.0 cm³/mol. The number of methoxy groups -OCH3 is 1. The molecule has 1 rings (SSSR count). The topological polar surface area (TPSA) is 66.8 Å². The fraction of sp³-hybridized carbons (Fsp3) is 0.529. The third-order valence-corrected chi connectivity index (χ3v) is 3.51. The van der Waals surface area contributed by atoms with Crippen LogP contribution in [0, 0.1) is 5.41 Å². The van der Waals surface area contributed by atoms with Gasteiger partial charge in [0.05, 0.1) is 7.11 Å². The molecule has 0 aromatic heterocycles. The lowest BCUT2D eigenvalue weighted by Gasteiger charge is -2.31. The molecule has 1 amide bonds. The fourth-order valence-corrected chi connectivity index (χ4v) is 2.51. The van der Waals surface area contributed by atoms with Crippen molar-refractivity contribution < 1.29 is 19.4 Å². The third kappa shape index (κ3) is 4.76. The quantitative estimate of drug-likeness (QED) is 0.801. The first kappa shape index (κ1) is 18.0. The Morgan fingerprint density at radius 3 is 2.45 bits per heavy atom. The number of amides is 1. The minimum atomic E-state index is -0.991. The van der Waals surface area contributed by atoms with Crippen LogP contribution in [0.4, 0.5) is 0 Å². The highest BCUT2D eigenvalue weighted by Crippen LogP contribution is 2.29. The summed E-state index contributed by atoms with van der Waals surface area (Å²) in [4.78, 5) is 25.1. The molecule has 0 radical (unpaired) electrons. The van der Waals surface area contributed by atoms with Crippen molar-refractivity contribution in [1.82, 2.24) is 4.90 Å². The Hall–Kier alpha value is -2.04. The number of carboxylic acid groups (broad SMARTS) is 1. The van der Waals surface area contributed by atoms with Crippen molar-refractivity contribution in [3.8, 4) is 5.75 Å². The zero-order valence-corrected chi connectivity index (χ0v) is 13.8. The van der Waals surface area contributed by atoms with Gasteiger partial charge in [0.1, 0.15) is 12.3 Å². The Morgan fingerprint density at radius 1 is 1.27 bits per heavy atom. The second kappa shape index (κ2) is 7.82. The van der Waals surface area contributed by atoms with Gasteiger partial charge in [0, 0.05) is 12.0 Å². The molecular formula is C17H25NO4. The Labute approximate surface area is 131 Å². The number of hydrogen-bond donors (Lipinski definition) is 1. The van der Waals surface area contributed by atoms with Crippen molar-refractivity contribution in [2.45, 2.75) is 33.6 Å². The maximum absolute atomic E-state index is 12.7. The minimum absolute atomic E-state index is 0.150. The van der Waals surface area contributed by atoms with Crippen LogP contribution in [0.5, 0.6) is 5.75 Å². The van der Waals surface area contributed by atoms with E-state index in [-0.39, 0.29) is 12.5 Å². The van der Waals surface area contributed by atoms with Gasteiger partial charge >= 0.3 is 5.97 Å². The average Bonchev–Trinajstić information content (AvgIpc) is 2.45. The number of carbonyl (C=O) groups is 2. The van der Waals surface area contributed by atoms with Crippen molar-refractivity contribution in [2.75, 3.05) is 20.2 Å². The van der Waals surface area contributed by atoms with Gasteiger partial charge in [-0.25, -0.2) is 0 Å². The Balaban J connectivity index is 2.95. The highest BCUT2D eigenvalue weighted by Gasteiger charge is 2.33. The largest absolute Gasteiger partial charge is 0.496 e. The molecule has 5 nitrogen and oxygen atoms in total. The van der Waals surface area contributed by atoms with Gasteiger partial charge in [-0.05, 0) is 24.5 Å². The number of ether oxygens (including phenoxy) is 1. The zero-order chi connectivity index (χ0) is 16.8. The van der Waals surface area contributed by atoms with E-state index >= 15 is 0 Å². The van der Waals surface area contributed by atoms with Gasteiger partial charge in [-0.1, -0.05) is 39.0 Å². The van der Waals surface area contributed by atoms with Gasteiger partial charge in [-0.2, -0.15) is 0 Å². The summed E-state index contributed by atoms with van der Waals surface area (Å²) in [5.41, 5.74) is 0.245. The van der Waals surface area contributed by atoms with Crippen LogP contribution >= 0.6 is 0 Å². The Kier molecular flexibility index (Phi) is 6.40. The van der Waals surface area contributed by atoms with E-state index in [4.69, 9.17) is 9.84 Å². The summed E-state index contributed by atoms with van der Waals surface area (Å²) in [6.45, 7) is 5.79. The van der Waals surface area contributed by atoms with E-state index in [1.807, 2.05) is 45.0 Å². The molecule has 122 valence electrons. The van der Waals surface area contributed by atoms with Crippen molar-refractivity contribution >= 4 is 11.9 Å². The molecule has 0 saturated carbocycles. The first-order valence-electron chi connectivity index (χ1n) is 7.45. The molecule has 0 heterocycles. The number of nitrogens with zero attached hydrogens (tertiary/aromatic N) is 1. The summed E-state index contributed by atoms with van der Waals surface area (Å²) in [6.07, 6.45) is 1.22. The molecule has 0 spiro atoms. The first-order valence-corrected chi connectivity index (χ1v) is 7.45. The van der Waals surface area contributed by atoms with Crippen LogP contribution in [0.1, 0.15) is 32.8 Å². The number of aliphatic carboxylic acids is 1. The van der Waals surface area contributed by atoms with Crippen molar-refractivity contribution in [3.05, 3.63) is 29.8 Å². The highest BCUT2D eigenvalue weighted by atomic mass is 16.5. The predicted octanol–water partition coefficient (Wildman–Crippen LogP) is 2.59. The molecule has 0 unspecified atom stereocenters. The fourth-order valence-electron chi connectivity index (χ4n) is 2.51. The van der Waals surface area contributed by atoms with E-state index in [9.17, 15) is 9.59 Å².